The van der Waals surface area contributed by atoms with E-state index in [1.807, 2.05) is 30.3 Å². The van der Waals surface area contributed by atoms with E-state index in [4.69, 9.17) is 4.52 Å². The first-order valence-electron chi connectivity index (χ1n) is 7.95. The monoisotopic (exact) mass is 323 g/mol. The maximum atomic E-state index is 12.6. The van der Waals surface area contributed by atoms with E-state index in [1.54, 1.807) is 6.92 Å². The van der Waals surface area contributed by atoms with E-state index >= 15 is 0 Å². The number of aryl methyl sites for hydroxylation is 2. The topological polar surface area (TPSA) is 85.8 Å². The Bertz CT molecular complexity index is 882. The number of fused-ring (bicyclic) bond motifs is 1. The Hall–Kier alpha value is -2.96. The zero-order chi connectivity index (χ0) is 16.5. The Balaban J connectivity index is 1.56. The van der Waals surface area contributed by atoms with Gasteiger partial charge in [0.1, 0.15) is 22.8 Å². The van der Waals surface area contributed by atoms with Crippen LogP contribution in [0.25, 0.3) is 11.3 Å². The van der Waals surface area contributed by atoms with Crippen LogP contribution in [0, 0.1) is 6.92 Å². The van der Waals surface area contributed by atoms with Gasteiger partial charge in [0.05, 0.1) is 6.54 Å². The van der Waals surface area contributed by atoms with Gasteiger partial charge in [-0.25, -0.2) is 0 Å². The molecule has 0 aliphatic carbocycles. The van der Waals surface area contributed by atoms with Crippen LogP contribution in [0.1, 0.15) is 34.2 Å². The fourth-order valence-corrected chi connectivity index (χ4v) is 3.02. The summed E-state index contributed by atoms with van der Waals surface area (Å²) < 4.78 is 7.31. The van der Waals surface area contributed by atoms with Gasteiger partial charge in [0, 0.05) is 18.5 Å². The lowest BCUT2D eigenvalue weighted by Gasteiger charge is -2.06. The summed E-state index contributed by atoms with van der Waals surface area (Å²) in [7, 11) is 0. The van der Waals surface area contributed by atoms with Gasteiger partial charge in [-0.2, -0.15) is 0 Å². The molecule has 3 heterocycles. The standard InChI is InChI=1S/C17H17N5O2/c1-11-15(16(21-24-11)12-6-3-2-4-7-12)17(23)18-10-14-20-19-13-8-5-9-22(13)14/h2-4,6-7H,5,8-10H2,1H3,(H,18,23). The summed E-state index contributed by atoms with van der Waals surface area (Å²) in [4.78, 5) is 12.6. The third kappa shape index (κ3) is 2.47. The van der Waals surface area contributed by atoms with Crippen LogP contribution in [0.4, 0.5) is 0 Å². The zero-order valence-corrected chi connectivity index (χ0v) is 13.3. The first-order valence-corrected chi connectivity index (χ1v) is 7.95. The van der Waals surface area contributed by atoms with Gasteiger partial charge < -0.3 is 14.4 Å². The Kier molecular flexibility index (Phi) is 3.60. The summed E-state index contributed by atoms with van der Waals surface area (Å²) in [6, 6.07) is 9.53. The molecule has 0 saturated heterocycles. The van der Waals surface area contributed by atoms with Gasteiger partial charge in [-0.1, -0.05) is 35.5 Å². The van der Waals surface area contributed by atoms with Crippen LogP contribution in [0.2, 0.25) is 0 Å². The second-order valence-corrected chi connectivity index (χ2v) is 5.80. The molecule has 0 atom stereocenters. The molecule has 4 rings (SSSR count). The van der Waals surface area contributed by atoms with E-state index in [9.17, 15) is 4.79 Å². The number of hydrogen-bond donors (Lipinski definition) is 1. The molecule has 1 N–H and O–H groups in total. The SMILES string of the molecule is Cc1onc(-c2ccccc2)c1C(=O)NCc1nnc2n1CCC2. The van der Waals surface area contributed by atoms with Crippen molar-refractivity contribution in [2.75, 3.05) is 0 Å². The van der Waals surface area contributed by atoms with Crippen LogP contribution in [0.5, 0.6) is 0 Å². The molecule has 0 bridgehead atoms. The van der Waals surface area contributed by atoms with Gasteiger partial charge in [-0.3, -0.25) is 4.79 Å². The molecule has 7 heteroatoms. The van der Waals surface area contributed by atoms with E-state index in [1.165, 1.54) is 0 Å². The molecule has 0 unspecified atom stereocenters. The number of carbonyl (C=O) groups is 1. The van der Waals surface area contributed by atoms with Gasteiger partial charge in [-0.05, 0) is 13.3 Å². The molecule has 122 valence electrons. The molecule has 2 aromatic heterocycles. The highest BCUT2D eigenvalue weighted by atomic mass is 16.5. The summed E-state index contributed by atoms with van der Waals surface area (Å²) >= 11 is 0. The van der Waals surface area contributed by atoms with E-state index in [2.05, 4.69) is 25.2 Å². The van der Waals surface area contributed by atoms with Gasteiger partial charge in [0.25, 0.3) is 5.91 Å². The van der Waals surface area contributed by atoms with E-state index in [-0.39, 0.29) is 5.91 Å². The average molecular weight is 323 g/mol. The predicted octanol–water partition coefficient (Wildman–Crippen LogP) is 2.12. The summed E-state index contributed by atoms with van der Waals surface area (Å²) in [5.41, 5.74) is 1.86. The summed E-state index contributed by atoms with van der Waals surface area (Å²) in [6.45, 7) is 2.99. The third-order valence-corrected chi connectivity index (χ3v) is 4.23. The lowest BCUT2D eigenvalue weighted by atomic mass is 10.1. The predicted molar refractivity (Wildman–Crippen MR) is 86.2 cm³/mol. The van der Waals surface area contributed by atoms with Crippen LogP contribution < -0.4 is 5.32 Å². The van der Waals surface area contributed by atoms with Gasteiger partial charge in [0.2, 0.25) is 0 Å². The largest absolute Gasteiger partial charge is 0.360 e. The quantitative estimate of drug-likeness (QED) is 0.795. The van der Waals surface area contributed by atoms with Crippen molar-refractivity contribution < 1.29 is 9.32 Å². The molecule has 1 aromatic carbocycles. The molecule has 0 fully saturated rings. The Morgan fingerprint density at radius 3 is 2.96 bits per heavy atom. The van der Waals surface area contributed by atoms with Gasteiger partial charge in [-0.15, -0.1) is 10.2 Å². The van der Waals surface area contributed by atoms with E-state index in [0.717, 1.165) is 36.6 Å². The van der Waals surface area contributed by atoms with E-state index < -0.39 is 0 Å². The number of nitrogens with one attached hydrogen (secondary N) is 1. The Morgan fingerprint density at radius 1 is 1.29 bits per heavy atom. The summed E-state index contributed by atoms with van der Waals surface area (Å²) in [5, 5.41) is 15.3. The molecule has 3 aromatic rings. The number of carbonyl (C=O) groups excluding carboxylic acids is 1. The maximum absolute atomic E-state index is 12.6. The number of hydrogen-bond acceptors (Lipinski definition) is 5. The minimum Gasteiger partial charge on any atom is -0.360 e. The summed E-state index contributed by atoms with van der Waals surface area (Å²) in [6.07, 6.45) is 2.03. The van der Waals surface area contributed by atoms with Crippen molar-refractivity contribution in [1.82, 2.24) is 25.2 Å². The molecule has 24 heavy (non-hydrogen) atoms. The maximum Gasteiger partial charge on any atom is 0.257 e. The minimum absolute atomic E-state index is 0.219. The van der Waals surface area contributed by atoms with Crippen LogP contribution in [0.3, 0.4) is 0 Å². The van der Waals surface area contributed by atoms with Crippen LogP contribution in [0.15, 0.2) is 34.9 Å². The van der Waals surface area contributed by atoms with Crippen molar-refractivity contribution in [1.29, 1.82) is 0 Å². The number of benzene rings is 1. The fraction of sp³-hybridized carbons (Fsp3) is 0.294. The number of amides is 1. The first kappa shape index (κ1) is 14.6. The highest BCUT2D eigenvalue weighted by Gasteiger charge is 2.23. The second-order valence-electron chi connectivity index (χ2n) is 5.80. The van der Waals surface area contributed by atoms with Crippen LogP contribution >= 0.6 is 0 Å². The van der Waals surface area contributed by atoms with Gasteiger partial charge >= 0.3 is 0 Å². The molecule has 1 aliphatic heterocycles. The van der Waals surface area contributed by atoms with Crippen molar-refractivity contribution >= 4 is 5.91 Å². The van der Waals surface area contributed by atoms with Crippen LogP contribution in [-0.4, -0.2) is 25.8 Å². The van der Waals surface area contributed by atoms with Gasteiger partial charge in [0.15, 0.2) is 5.82 Å². The van der Waals surface area contributed by atoms with Crippen molar-refractivity contribution in [2.24, 2.45) is 0 Å². The average Bonchev–Trinajstić information content (AvgIpc) is 3.29. The fourth-order valence-electron chi connectivity index (χ4n) is 3.02. The molecular weight excluding hydrogens is 306 g/mol. The van der Waals surface area contributed by atoms with E-state index in [0.29, 0.717) is 23.6 Å². The van der Waals surface area contributed by atoms with Crippen molar-refractivity contribution in [3.63, 3.8) is 0 Å². The molecule has 0 radical (unpaired) electrons. The first-order chi connectivity index (χ1) is 11.7. The molecule has 1 aliphatic rings. The Morgan fingerprint density at radius 2 is 2.12 bits per heavy atom. The number of nitrogens with zero attached hydrogens (tertiary/aromatic N) is 4. The number of aromatic nitrogens is 4. The molecule has 0 spiro atoms. The normalized spacial score (nSPS) is 13.0. The highest BCUT2D eigenvalue weighted by Crippen LogP contribution is 2.25. The third-order valence-electron chi connectivity index (χ3n) is 4.23. The van der Waals surface area contributed by atoms with Crippen molar-refractivity contribution in [3.8, 4) is 11.3 Å². The lowest BCUT2D eigenvalue weighted by Crippen LogP contribution is -2.25. The van der Waals surface area contributed by atoms with Crippen molar-refractivity contribution in [3.05, 3.63) is 53.3 Å². The number of rotatable bonds is 4. The highest BCUT2D eigenvalue weighted by molar-refractivity contribution is 6.00. The smallest absolute Gasteiger partial charge is 0.257 e. The molecular formula is C17H17N5O2. The molecule has 1 amide bonds. The van der Waals surface area contributed by atoms with Crippen molar-refractivity contribution in [2.45, 2.75) is 32.9 Å². The zero-order valence-electron chi connectivity index (χ0n) is 13.3. The molecule has 0 saturated carbocycles. The minimum atomic E-state index is -0.219. The molecule has 7 nitrogen and oxygen atoms in total. The second kappa shape index (κ2) is 5.92. The summed E-state index contributed by atoms with van der Waals surface area (Å²) in [5.74, 6) is 2.05. The van der Waals surface area contributed by atoms with Crippen LogP contribution in [-0.2, 0) is 19.5 Å². The lowest BCUT2D eigenvalue weighted by molar-refractivity contribution is 0.0948. The Labute approximate surface area is 138 Å².